The van der Waals surface area contributed by atoms with E-state index in [0.717, 1.165) is 17.7 Å². The van der Waals surface area contributed by atoms with E-state index in [1.165, 1.54) is 11.1 Å². The number of hydrogen-bond acceptors (Lipinski definition) is 2. The van der Waals surface area contributed by atoms with Crippen LogP contribution in [-0.4, -0.2) is 4.98 Å². The van der Waals surface area contributed by atoms with Crippen molar-refractivity contribution in [2.45, 2.75) is 13.3 Å². The Bertz CT molecular complexity index is 420. The molecule has 0 fully saturated rings. The summed E-state index contributed by atoms with van der Waals surface area (Å²) in [5, 5.41) is 0. The molecule has 2 rings (SSSR count). The van der Waals surface area contributed by atoms with Gasteiger partial charge in [0.15, 0.2) is 0 Å². The summed E-state index contributed by atoms with van der Waals surface area (Å²) >= 11 is 0. The van der Waals surface area contributed by atoms with Crippen molar-refractivity contribution >= 4 is 5.69 Å². The molecule has 2 aromatic rings. The zero-order valence-corrected chi connectivity index (χ0v) is 8.77. The van der Waals surface area contributed by atoms with Gasteiger partial charge in [0.2, 0.25) is 0 Å². The SMILES string of the molecule is Cc1ccncc1Cc1ccccc1N. The van der Waals surface area contributed by atoms with Gasteiger partial charge < -0.3 is 5.73 Å². The molecule has 76 valence electrons. The Labute approximate surface area is 89.8 Å². The van der Waals surface area contributed by atoms with Gasteiger partial charge in [0.25, 0.3) is 0 Å². The average Bonchev–Trinajstić information content (AvgIpc) is 2.24. The summed E-state index contributed by atoms with van der Waals surface area (Å²) in [6.45, 7) is 2.09. The molecule has 0 atom stereocenters. The number of hydrogen-bond donors (Lipinski definition) is 1. The van der Waals surface area contributed by atoms with Crippen LogP contribution in [0.4, 0.5) is 5.69 Å². The molecule has 15 heavy (non-hydrogen) atoms. The molecule has 0 saturated heterocycles. The number of nitrogen functional groups attached to an aromatic ring is 1. The molecule has 0 amide bonds. The Morgan fingerprint density at radius 1 is 1.13 bits per heavy atom. The first-order valence-electron chi connectivity index (χ1n) is 5.00. The predicted molar refractivity (Wildman–Crippen MR) is 62.6 cm³/mol. The van der Waals surface area contributed by atoms with Crippen molar-refractivity contribution in [3.05, 3.63) is 59.4 Å². The second-order valence-electron chi connectivity index (χ2n) is 3.68. The molecule has 0 spiro atoms. The maximum Gasteiger partial charge on any atom is 0.0349 e. The number of rotatable bonds is 2. The summed E-state index contributed by atoms with van der Waals surface area (Å²) in [7, 11) is 0. The van der Waals surface area contributed by atoms with Crippen LogP contribution in [-0.2, 0) is 6.42 Å². The fourth-order valence-electron chi connectivity index (χ4n) is 1.58. The lowest BCUT2D eigenvalue weighted by Crippen LogP contribution is -1.97. The molecule has 0 aliphatic rings. The van der Waals surface area contributed by atoms with Gasteiger partial charge in [-0.3, -0.25) is 4.98 Å². The first-order chi connectivity index (χ1) is 7.27. The summed E-state index contributed by atoms with van der Waals surface area (Å²) in [5.74, 6) is 0. The van der Waals surface area contributed by atoms with Gasteiger partial charge in [-0.1, -0.05) is 18.2 Å². The van der Waals surface area contributed by atoms with Gasteiger partial charge in [-0.15, -0.1) is 0 Å². The molecule has 2 heteroatoms. The van der Waals surface area contributed by atoms with E-state index in [1.54, 1.807) is 0 Å². The number of aryl methyl sites for hydroxylation is 1. The number of nitrogens with zero attached hydrogens (tertiary/aromatic N) is 1. The van der Waals surface area contributed by atoms with Crippen LogP contribution in [0.3, 0.4) is 0 Å². The van der Waals surface area contributed by atoms with Gasteiger partial charge in [0, 0.05) is 24.5 Å². The minimum Gasteiger partial charge on any atom is -0.398 e. The Morgan fingerprint density at radius 2 is 1.93 bits per heavy atom. The molecular weight excluding hydrogens is 184 g/mol. The standard InChI is InChI=1S/C13H14N2/c1-10-6-7-15-9-12(10)8-11-4-2-3-5-13(11)14/h2-7,9H,8,14H2,1H3. The summed E-state index contributed by atoms with van der Waals surface area (Å²) < 4.78 is 0. The number of nitrogens with two attached hydrogens (primary N) is 1. The van der Waals surface area contributed by atoms with Crippen molar-refractivity contribution in [1.29, 1.82) is 0 Å². The number of pyridine rings is 1. The number of benzene rings is 1. The normalized spacial score (nSPS) is 10.2. The first-order valence-corrected chi connectivity index (χ1v) is 5.00. The second kappa shape index (κ2) is 4.13. The van der Waals surface area contributed by atoms with Crippen LogP contribution in [0.25, 0.3) is 0 Å². The van der Waals surface area contributed by atoms with Gasteiger partial charge in [0.05, 0.1) is 0 Å². The van der Waals surface area contributed by atoms with Crippen LogP contribution in [0.5, 0.6) is 0 Å². The molecular formula is C13H14N2. The summed E-state index contributed by atoms with van der Waals surface area (Å²) in [6.07, 6.45) is 4.57. The van der Waals surface area contributed by atoms with Crippen LogP contribution < -0.4 is 5.73 Å². The molecule has 1 aromatic heterocycles. The van der Waals surface area contributed by atoms with E-state index in [2.05, 4.69) is 18.0 Å². The molecule has 1 heterocycles. The number of para-hydroxylation sites is 1. The fourth-order valence-corrected chi connectivity index (χ4v) is 1.58. The van der Waals surface area contributed by atoms with Crippen molar-refractivity contribution in [2.24, 2.45) is 0 Å². The molecule has 0 aliphatic heterocycles. The predicted octanol–water partition coefficient (Wildman–Crippen LogP) is 2.56. The molecule has 0 aliphatic carbocycles. The summed E-state index contributed by atoms with van der Waals surface area (Å²) in [5.41, 5.74) is 10.4. The lowest BCUT2D eigenvalue weighted by molar-refractivity contribution is 1.11. The van der Waals surface area contributed by atoms with Crippen molar-refractivity contribution in [3.63, 3.8) is 0 Å². The average molecular weight is 198 g/mol. The maximum absolute atomic E-state index is 5.90. The van der Waals surface area contributed by atoms with Crippen LogP contribution in [0, 0.1) is 6.92 Å². The third-order valence-corrected chi connectivity index (χ3v) is 2.58. The highest BCUT2D eigenvalue weighted by molar-refractivity contribution is 5.48. The molecule has 1 aromatic carbocycles. The summed E-state index contributed by atoms with van der Waals surface area (Å²) in [6, 6.07) is 9.98. The van der Waals surface area contributed by atoms with Gasteiger partial charge in [-0.05, 0) is 35.7 Å². The largest absolute Gasteiger partial charge is 0.398 e. The minimum atomic E-state index is 0.848. The third kappa shape index (κ3) is 2.15. The summed E-state index contributed by atoms with van der Waals surface area (Å²) in [4.78, 5) is 4.13. The van der Waals surface area contributed by atoms with E-state index in [9.17, 15) is 0 Å². The van der Waals surface area contributed by atoms with E-state index in [1.807, 2.05) is 36.7 Å². The van der Waals surface area contributed by atoms with E-state index >= 15 is 0 Å². The van der Waals surface area contributed by atoms with Crippen molar-refractivity contribution in [2.75, 3.05) is 5.73 Å². The van der Waals surface area contributed by atoms with Crippen molar-refractivity contribution in [3.8, 4) is 0 Å². The van der Waals surface area contributed by atoms with Crippen molar-refractivity contribution in [1.82, 2.24) is 4.98 Å². The monoisotopic (exact) mass is 198 g/mol. The Hall–Kier alpha value is -1.83. The molecule has 0 radical (unpaired) electrons. The highest BCUT2D eigenvalue weighted by Gasteiger charge is 2.02. The smallest absolute Gasteiger partial charge is 0.0349 e. The van der Waals surface area contributed by atoms with E-state index < -0.39 is 0 Å². The molecule has 0 saturated carbocycles. The second-order valence-corrected chi connectivity index (χ2v) is 3.68. The quantitative estimate of drug-likeness (QED) is 0.753. The molecule has 0 bridgehead atoms. The molecule has 2 N–H and O–H groups in total. The molecule has 0 unspecified atom stereocenters. The van der Waals surface area contributed by atoms with Gasteiger partial charge in [-0.2, -0.15) is 0 Å². The fraction of sp³-hybridized carbons (Fsp3) is 0.154. The Morgan fingerprint density at radius 3 is 2.67 bits per heavy atom. The van der Waals surface area contributed by atoms with E-state index in [0.29, 0.717) is 0 Å². The third-order valence-electron chi connectivity index (χ3n) is 2.58. The van der Waals surface area contributed by atoms with Crippen LogP contribution in [0.1, 0.15) is 16.7 Å². The van der Waals surface area contributed by atoms with Crippen LogP contribution in [0.15, 0.2) is 42.7 Å². The van der Waals surface area contributed by atoms with Gasteiger partial charge in [-0.25, -0.2) is 0 Å². The highest BCUT2D eigenvalue weighted by Crippen LogP contribution is 2.17. The lowest BCUT2D eigenvalue weighted by Gasteiger charge is -2.07. The number of aromatic nitrogens is 1. The Balaban J connectivity index is 2.30. The van der Waals surface area contributed by atoms with Crippen LogP contribution in [0.2, 0.25) is 0 Å². The zero-order valence-electron chi connectivity index (χ0n) is 8.77. The van der Waals surface area contributed by atoms with E-state index in [-0.39, 0.29) is 0 Å². The topological polar surface area (TPSA) is 38.9 Å². The Kier molecular flexibility index (Phi) is 2.68. The lowest BCUT2D eigenvalue weighted by atomic mass is 10.0. The number of anilines is 1. The van der Waals surface area contributed by atoms with E-state index in [4.69, 9.17) is 5.73 Å². The zero-order chi connectivity index (χ0) is 10.7. The highest BCUT2D eigenvalue weighted by atomic mass is 14.6. The molecule has 2 nitrogen and oxygen atoms in total. The maximum atomic E-state index is 5.90. The first kappa shape index (κ1) is 9.71. The van der Waals surface area contributed by atoms with Crippen molar-refractivity contribution < 1.29 is 0 Å². The van der Waals surface area contributed by atoms with Crippen LogP contribution >= 0.6 is 0 Å². The van der Waals surface area contributed by atoms with Gasteiger partial charge >= 0.3 is 0 Å². The van der Waals surface area contributed by atoms with Gasteiger partial charge in [0.1, 0.15) is 0 Å². The minimum absolute atomic E-state index is 0.848.